The zero-order valence-electron chi connectivity index (χ0n) is 24.7. The summed E-state index contributed by atoms with van der Waals surface area (Å²) >= 11 is 8.32. The molecule has 0 saturated carbocycles. The molecule has 3 heterocycles. The lowest BCUT2D eigenvalue weighted by atomic mass is 9.70. The maximum atomic E-state index is 14.8. The van der Waals surface area contributed by atoms with E-state index in [-0.39, 0.29) is 36.1 Å². The molecule has 0 radical (unpaired) electrons. The molecule has 2 unspecified atom stereocenters. The highest BCUT2D eigenvalue weighted by Gasteiger charge is 2.74. The number of hydrogen-bond acceptors (Lipinski definition) is 5. The standard InChI is InChI=1S/C34H40ClN3O4S/c1-4-18-36(22-24-13-7-6-8-14-24)31(40)27-26-16-17-34(43-26)28(27)32(41)38(20-9-10-21-39)30(34)33(42)37(19-5-2)29-23(3)12-11-15-25(29)35/h4-8,11-15,26-28,30,39H,1-2,9-10,16-22H2,3H3/t26-,27+,28-,30?,34?/m0/s1. The minimum Gasteiger partial charge on any atom is -0.396 e. The van der Waals surface area contributed by atoms with Gasteiger partial charge in [0.1, 0.15) is 6.04 Å². The van der Waals surface area contributed by atoms with Gasteiger partial charge in [-0.05, 0) is 49.8 Å². The summed E-state index contributed by atoms with van der Waals surface area (Å²) in [6.45, 7) is 11.1. The largest absolute Gasteiger partial charge is 0.396 e. The van der Waals surface area contributed by atoms with E-state index in [4.69, 9.17) is 11.6 Å². The van der Waals surface area contributed by atoms with Crippen LogP contribution in [0.4, 0.5) is 5.69 Å². The number of benzene rings is 2. The number of thioether (sulfide) groups is 1. The number of hydrogen-bond donors (Lipinski definition) is 1. The number of anilines is 1. The second-order valence-corrected chi connectivity index (χ2v) is 13.7. The highest BCUT2D eigenvalue weighted by atomic mass is 35.5. The average molecular weight is 622 g/mol. The molecular formula is C34H40ClN3O4S. The van der Waals surface area contributed by atoms with Crippen LogP contribution in [0.1, 0.15) is 36.8 Å². The van der Waals surface area contributed by atoms with Crippen LogP contribution in [0, 0.1) is 18.8 Å². The van der Waals surface area contributed by atoms with Gasteiger partial charge in [-0.15, -0.1) is 24.9 Å². The first-order chi connectivity index (χ1) is 20.8. The van der Waals surface area contributed by atoms with Crippen LogP contribution >= 0.6 is 23.4 Å². The van der Waals surface area contributed by atoms with Gasteiger partial charge in [-0.3, -0.25) is 14.4 Å². The Morgan fingerprint density at radius 3 is 2.51 bits per heavy atom. The summed E-state index contributed by atoms with van der Waals surface area (Å²) < 4.78 is -0.723. The molecule has 2 aromatic rings. The molecule has 5 atom stereocenters. The minimum atomic E-state index is -0.755. The van der Waals surface area contributed by atoms with Crippen molar-refractivity contribution in [1.29, 1.82) is 0 Å². The van der Waals surface area contributed by atoms with E-state index in [0.29, 0.717) is 49.6 Å². The van der Waals surface area contributed by atoms with Crippen molar-refractivity contribution in [2.24, 2.45) is 11.8 Å². The van der Waals surface area contributed by atoms with Crippen LogP contribution < -0.4 is 4.90 Å². The predicted octanol–water partition coefficient (Wildman–Crippen LogP) is 5.25. The van der Waals surface area contributed by atoms with Crippen LogP contribution in [0.3, 0.4) is 0 Å². The van der Waals surface area contributed by atoms with Crippen LogP contribution in [0.2, 0.25) is 5.02 Å². The number of unbranched alkanes of at least 4 members (excludes halogenated alkanes) is 1. The Morgan fingerprint density at radius 1 is 1.09 bits per heavy atom. The van der Waals surface area contributed by atoms with Gasteiger partial charge >= 0.3 is 0 Å². The number of carbonyl (C=O) groups excluding carboxylic acids is 3. The third-order valence-electron chi connectivity index (χ3n) is 9.04. The highest BCUT2D eigenvalue weighted by molar-refractivity contribution is 8.02. The van der Waals surface area contributed by atoms with Crippen LogP contribution in [0.25, 0.3) is 0 Å². The molecule has 5 rings (SSSR count). The van der Waals surface area contributed by atoms with Gasteiger partial charge in [0.05, 0.1) is 27.3 Å². The van der Waals surface area contributed by atoms with Crippen molar-refractivity contribution in [3.05, 3.63) is 90.0 Å². The number of aliphatic hydroxyl groups is 1. The SMILES string of the molecule is C=CCN(Cc1ccccc1)C(=O)[C@@H]1[C@@H]2CCC3(S2)C(C(=O)N(CC=C)c2c(C)cccc2Cl)N(CCCCO)C(=O)[C@H]13. The van der Waals surface area contributed by atoms with E-state index in [9.17, 15) is 19.5 Å². The predicted molar refractivity (Wildman–Crippen MR) is 173 cm³/mol. The summed E-state index contributed by atoms with van der Waals surface area (Å²) in [5.41, 5.74) is 2.47. The van der Waals surface area contributed by atoms with Crippen molar-refractivity contribution in [2.45, 2.75) is 55.2 Å². The first-order valence-electron chi connectivity index (χ1n) is 15.0. The Bertz CT molecular complexity index is 1370. The van der Waals surface area contributed by atoms with Crippen LogP contribution in [-0.4, -0.2) is 74.9 Å². The molecule has 1 spiro atoms. The Labute approximate surface area is 263 Å². The number of fused-ring (bicyclic) bond motifs is 1. The summed E-state index contributed by atoms with van der Waals surface area (Å²) in [6, 6.07) is 14.6. The lowest BCUT2D eigenvalue weighted by molar-refractivity contribution is -0.144. The molecule has 0 aromatic heterocycles. The van der Waals surface area contributed by atoms with Crippen molar-refractivity contribution in [3.63, 3.8) is 0 Å². The molecule has 7 nitrogen and oxygen atoms in total. The van der Waals surface area contributed by atoms with E-state index in [1.54, 1.807) is 44.7 Å². The molecular weight excluding hydrogens is 582 g/mol. The van der Waals surface area contributed by atoms with Gasteiger partial charge in [-0.2, -0.15) is 0 Å². The smallest absolute Gasteiger partial charge is 0.251 e. The molecule has 2 bridgehead atoms. The molecule has 2 aromatic carbocycles. The van der Waals surface area contributed by atoms with E-state index >= 15 is 0 Å². The maximum absolute atomic E-state index is 14.8. The lowest BCUT2D eigenvalue weighted by Gasteiger charge is -2.38. The van der Waals surface area contributed by atoms with Crippen LogP contribution in [-0.2, 0) is 20.9 Å². The third-order valence-corrected chi connectivity index (χ3v) is 11.3. The summed E-state index contributed by atoms with van der Waals surface area (Å²) in [5, 5.41) is 9.90. The van der Waals surface area contributed by atoms with E-state index < -0.39 is 22.6 Å². The van der Waals surface area contributed by atoms with Crippen LogP contribution in [0.5, 0.6) is 0 Å². The van der Waals surface area contributed by atoms with Crippen molar-refractivity contribution < 1.29 is 19.5 Å². The molecule has 9 heteroatoms. The number of likely N-dealkylation sites (tertiary alicyclic amines) is 1. The van der Waals surface area contributed by atoms with Crippen molar-refractivity contribution in [3.8, 4) is 0 Å². The van der Waals surface area contributed by atoms with Crippen LogP contribution in [0.15, 0.2) is 73.8 Å². The molecule has 1 N–H and O–H groups in total. The van der Waals surface area contributed by atoms with Crippen molar-refractivity contribution in [2.75, 3.05) is 31.1 Å². The maximum Gasteiger partial charge on any atom is 0.251 e. The Balaban J connectivity index is 1.54. The molecule has 3 saturated heterocycles. The number of rotatable bonds is 13. The number of para-hydroxylation sites is 1. The normalized spacial score (nSPS) is 25.5. The van der Waals surface area contributed by atoms with Gasteiger partial charge < -0.3 is 19.8 Å². The summed E-state index contributed by atoms with van der Waals surface area (Å²) in [6.07, 6.45) is 5.92. The molecule has 43 heavy (non-hydrogen) atoms. The number of amides is 3. The summed E-state index contributed by atoms with van der Waals surface area (Å²) in [4.78, 5) is 48.7. The minimum absolute atomic E-state index is 0.00452. The first-order valence-corrected chi connectivity index (χ1v) is 16.2. The zero-order chi connectivity index (χ0) is 30.7. The second kappa shape index (κ2) is 13.3. The van der Waals surface area contributed by atoms with E-state index in [1.807, 2.05) is 49.4 Å². The van der Waals surface area contributed by atoms with Crippen molar-refractivity contribution >= 4 is 46.8 Å². The fourth-order valence-corrected chi connectivity index (χ4v) is 9.81. The van der Waals surface area contributed by atoms with Gasteiger partial charge in [-0.1, -0.05) is 66.2 Å². The number of aliphatic hydroxyl groups excluding tert-OH is 1. The van der Waals surface area contributed by atoms with E-state index in [0.717, 1.165) is 17.5 Å². The van der Waals surface area contributed by atoms with E-state index in [1.165, 1.54) is 0 Å². The molecule has 228 valence electrons. The summed E-state index contributed by atoms with van der Waals surface area (Å²) in [7, 11) is 0. The number of halogens is 1. The van der Waals surface area contributed by atoms with E-state index in [2.05, 4.69) is 13.2 Å². The van der Waals surface area contributed by atoms with Gasteiger partial charge in [0.2, 0.25) is 11.8 Å². The van der Waals surface area contributed by atoms with Gasteiger partial charge in [0, 0.05) is 38.0 Å². The van der Waals surface area contributed by atoms with Gasteiger partial charge in [0.15, 0.2) is 0 Å². The fraction of sp³-hybridized carbons (Fsp3) is 0.441. The Hall–Kier alpha value is -3.07. The first kappa shape index (κ1) is 31.4. The topological polar surface area (TPSA) is 81.2 Å². The van der Waals surface area contributed by atoms with Gasteiger partial charge in [-0.25, -0.2) is 0 Å². The highest BCUT2D eigenvalue weighted by Crippen LogP contribution is 2.67. The number of carbonyl (C=O) groups is 3. The average Bonchev–Trinajstić information content (AvgIpc) is 3.64. The molecule has 3 amide bonds. The third kappa shape index (κ3) is 5.65. The monoisotopic (exact) mass is 621 g/mol. The lowest BCUT2D eigenvalue weighted by Crippen LogP contribution is -2.55. The number of nitrogens with zero attached hydrogens (tertiary/aromatic N) is 3. The molecule has 3 aliphatic heterocycles. The molecule has 3 aliphatic rings. The molecule has 0 aliphatic carbocycles. The Morgan fingerprint density at radius 2 is 1.84 bits per heavy atom. The quantitative estimate of drug-likeness (QED) is 0.244. The summed E-state index contributed by atoms with van der Waals surface area (Å²) in [5.74, 6) is -1.54. The zero-order valence-corrected chi connectivity index (χ0v) is 26.2. The van der Waals surface area contributed by atoms with Crippen molar-refractivity contribution in [1.82, 2.24) is 9.80 Å². The second-order valence-electron chi connectivity index (χ2n) is 11.7. The Kier molecular flexibility index (Phi) is 9.69. The number of aryl methyl sites for hydroxylation is 1. The molecule has 3 fully saturated rings. The fourth-order valence-electron chi connectivity index (χ4n) is 7.28. The van der Waals surface area contributed by atoms with Gasteiger partial charge in [0.25, 0.3) is 5.91 Å².